The molecular weight excluding hydrogens is 388 g/mol. The molecule has 0 aromatic heterocycles. The van der Waals surface area contributed by atoms with Crippen LogP contribution in [0.3, 0.4) is 0 Å². The molecule has 0 saturated carbocycles. The van der Waals surface area contributed by atoms with E-state index in [0.717, 1.165) is 37.0 Å². The zero-order valence-corrected chi connectivity index (χ0v) is 18.7. The maximum Gasteiger partial charge on any atom is 0.349 e. The molecule has 1 atom stereocenters. The van der Waals surface area contributed by atoms with E-state index < -0.39 is 12.1 Å². The number of urea groups is 1. The summed E-state index contributed by atoms with van der Waals surface area (Å²) in [5.74, 6) is 0.145. The molecule has 3 amide bonds. The Hall–Kier alpha value is -2.99. The lowest BCUT2D eigenvalue weighted by atomic mass is 10.0. The predicted octanol–water partition coefficient (Wildman–Crippen LogP) is 4.04. The number of piperazine rings is 1. The van der Waals surface area contributed by atoms with Crippen molar-refractivity contribution in [1.82, 2.24) is 15.5 Å². The quantitative estimate of drug-likeness (QED) is 0.623. The van der Waals surface area contributed by atoms with E-state index >= 15 is 0 Å². The Morgan fingerprint density at radius 1 is 1.35 bits per heavy atom. The molecule has 2 heterocycles. The number of nitrogens with zero attached hydrogens (tertiary/aromatic N) is 2. The second-order valence-corrected chi connectivity index (χ2v) is 8.12. The molecule has 164 valence electrons. The molecule has 1 unspecified atom stereocenters. The fourth-order valence-electron chi connectivity index (χ4n) is 4.02. The van der Waals surface area contributed by atoms with Gasteiger partial charge in [-0.05, 0) is 55.9 Å². The van der Waals surface area contributed by atoms with Gasteiger partial charge in [0.05, 0.1) is 0 Å². The number of carbonyl (C=O) groups is 2. The number of nitrogens with one attached hydrogen (secondary N) is 2. The van der Waals surface area contributed by atoms with Gasteiger partial charge in [-0.25, -0.2) is 4.79 Å². The third kappa shape index (κ3) is 5.58. The summed E-state index contributed by atoms with van der Waals surface area (Å²) in [6.45, 7) is 11.4. The van der Waals surface area contributed by atoms with E-state index in [-0.39, 0.29) is 5.91 Å². The van der Waals surface area contributed by atoms with Crippen molar-refractivity contribution in [3.05, 3.63) is 71.0 Å². The minimum atomic E-state index is -0.604. The normalized spacial score (nSPS) is 20.7. The molecule has 2 N–H and O–H groups in total. The molecule has 0 aliphatic carbocycles. The molecule has 31 heavy (non-hydrogen) atoms. The Morgan fingerprint density at radius 3 is 2.87 bits per heavy atom. The summed E-state index contributed by atoms with van der Waals surface area (Å²) in [6, 6.07) is 7.29. The Kier molecular flexibility index (Phi) is 7.58. The van der Waals surface area contributed by atoms with Crippen LogP contribution in [-0.2, 0) is 11.2 Å². The van der Waals surface area contributed by atoms with Gasteiger partial charge in [0.2, 0.25) is 0 Å². The molecule has 1 fully saturated rings. The van der Waals surface area contributed by atoms with Crippen molar-refractivity contribution in [3.63, 3.8) is 0 Å². The summed E-state index contributed by atoms with van der Waals surface area (Å²) in [6.07, 6.45) is 7.80. The van der Waals surface area contributed by atoms with Crippen molar-refractivity contribution < 1.29 is 9.59 Å². The minimum Gasteiger partial charge on any atom is -0.330 e. The third-order valence-electron chi connectivity index (χ3n) is 5.68. The molecule has 0 spiro atoms. The molecule has 0 radical (unpaired) electrons. The second kappa shape index (κ2) is 10.4. The van der Waals surface area contributed by atoms with E-state index in [1.807, 2.05) is 6.08 Å². The van der Waals surface area contributed by atoms with Gasteiger partial charge in [0.1, 0.15) is 11.9 Å². The number of fused-ring (bicyclic) bond motifs is 1. The second-order valence-electron chi connectivity index (χ2n) is 8.12. The van der Waals surface area contributed by atoms with Crippen molar-refractivity contribution in [3.8, 4) is 0 Å². The van der Waals surface area contributed by atoms with Crippen LogP contribution in [0.5, 0.6) is 0 Å². The summed E-state index contributed by atoms with van der Waals surface area (Å²) in [5.41, 5.74) is 5.89. The molecular formula is C25H32N4O2. The van der Waals surface area contributed by atoms with Crippen molar-refractivity contribution in [2.45, 2.75) is 52.5 Å². The Bertz CT molecular complexity index is 958. The first-order valence-corrected chi connectivity index (χ1v) is 11.0. The lowest BCUT2D eigenvalue weighted by Crippen LogP contribution is -2.63. The molecule has 6 heteroatoms. The maximum atomic E-state index is 12.4. The van der Waals surface area contributed by atoms with Crippen molar-refractivity contribution >= 4 is 17.8 Å². The first-order valence-electron chi connectivity index (χ1n) is 11.0. The zero-order chi connectivity index (χ0) is 22.4. The van der Waals surface area contributed by atoms with E-state index in [9.17, 15) is 9.59 Å². The molecule has 1 saturated heterocycles. The number of amides is 3. The molecule has 1 aromatic carbocycles. The number of hydrogen-bond donors (Lipinski definition) is 2. The van der Waals surface area contributed by atoms with Crippen molar-refractivity contribution in [2.75, 3.05) is 13.1 Å². The Labute approximate surface area is 184 Å². The highest BCUT2D eigenvalue weighted by Gasteiger charge is 2.38. The van der Waals surface area contributed by atoms with Crippen LogP contribution in [0.1, 0.15) is 44.2 Å². The molecule has 6 nitrogen and oxygen atoms in total. The summed E-state index contributed by atoms with van der Waals surface area (Å²) in [5, 5.41) is 5.53. The van der Waals surface area contributed by atoms with Gasteiger partial charge in [-0.15, -0.1) is 0 Å². The van der Waals surface area contributed by atoms with E-state index in [1.165, 1.54) is 16.7 Å². The van der Waals surface area contributed by atoms with E-state index in [4.69, 9.17) is 0 Å². The highest BCUT2D eigenvalue weighted by Crippen LogP contribution is 2.22. The SMILES string of the molecule is C=C/C(C)=C(\C=C1/CNC2C(=O)NC(=O)N=C2N1CCCc1cccc(C)c1)CCC. The Balaban J connectivity index is 1.89. The van der Waals surface area contributed by atoms with Crippen LogP contribution < -0.4 is 10.6 Å². The number of rotatable bonds is 8. The third-order valence-corrected chi connectivity index (χ3v) is 5.68. The molecule has 2 aliphatic heterocycles. The molecule has 2 aliphatic rings. The minimum absolute atomic E-state index is 0.343. The number of benzene rings is 1. The largest absolute Gasteiger partial charge is 0.349 e. The number of allylic oxidation sites excluding steroid dienone is 4. The van der Waals surface area contributed by atoms with Crippen molar-refractivity contribution in [2.24, 2.45) is 4.99 Å². The fourth-order valence-corrected chi connectivity index (χ4v) is 4.02. The van der Waals surface area contributed by atoms with Gasteiger partial charge in [0.25, 0.3) is 5.91 Å². The van der Waals surface area contributed by atoms with Crippen molar-refractivity contribution in [1.29, 1.82) is 0 Å². The highest BCUT2D eigenvalue weighted by atomic mass is 16.2. The van der Waals surface area contributed by atoms with E-state index in [2.05, 4.69) is 78.2 Å². The molecule has 1 aromatic rings. The fraction of sp³-hybridized carbons (Fsp3) is 0.400. The monoisotopic (exact) mass is 420 g/mol. The van der Waals surface area contributed by atoms with Gasteiger partial charge in [0.15, 0.2) is 0 Å². The first-order chi connectivity index (χ1) is 14.9. The summed E-state index contributed by atoms with van der Waals surface area (Å²) >= 11 is 0. The number of aliphatic imine (C=N–C) groups is 1. The number of carbonyl (C=O) groups excluding carboxylic acids is 2. The average molecular weight is 421 g/mol. The lowest BCUT2D eigenvalue weighted by molar-refractivity contribution is -0.120. The van der Waals surface area contributed by atoms with E-state index in [1.54, 1.807) is 0 Å². The molecule has 3 rings (SSSR count). The summed E-state index contributed by atoms with van der Waals surface area (Å²) in [4.78, 5) is 30.6. The average Bonchev–Trinajstić information content (AvgIpc) is 2.74. The number of aryl methyl sites for hydroxylation is 2. The van der Waals surface area contributed by atoms with Gasteiger partial charge in [-0.1, -0.05) is 55.8 Å². The van der Waals surface area contributed by atoms with E-state index in [0.29, 0.717) is 18.9 Å². The van der Waals surface area contributed by atoms with Gasteiger partial charge >= 0.3 is 6.03 Å². The van der Waals surface area contributed by atoms with Crippen LogP contribution >= 0.6 is 0 Å². The van der Waals surface area contributed by atoms with Crippen LogP contribution in [-0.4, -0.2) is 41.8 Å². The van der Waals surface area contributed by atoms with Gasteiger partial charge in [0, 0.05) is 18.8 Å². The smallest absolute Gasteiger partial charge is 0.330 e. The maximum absolute atomic E-state index is 12.4. The zero-order valence-electron chi connectivity index (χ0n) is 18.7. The number of imide groups is 1. The summed E-state index contributed by atoms with van der Waals surface area (Å²) in [7, 11) is 0. The topological polar surface area (TPSA) is 73.8 Å². The molecule has 0 bridgehead atoms. The van der Waals surface area contributed by atoms with Crippen LogP contribution in [0, 0.1) is 6.92 Å². The first kappa shape index (κ1) is 22.7. The number of amidine groups is 1. The van der Waals surface area contributed by atoms with Crippen LogP contribution in [0.15, 0.2) is 64.8 Å². The van der Waals surface area contributed by atoms with Gasteiger partial charge in [-0.3, -0.25) is 15.4 Å². The van der Waals surface area contributed by atoms with Gasteiger partial charge < -0.3 is 4.90 Å². The number of hydrogen-bond acceptors (Lipinski definition) is 4. The highest BCUT2D eigenvalue weighted by molar-refractivity contribution is 6.19. The lowest BCUT2D eigenvalue weighted by Gasteiger charge is -2.39. The summed E-state index contributed by atoms with van der Waals surface area (Å²) < 4.78 is 0. The van der Waals surface area contributed by atoms with Crippen LogP contribution in [0.4, 0.5) is 4.79 Å². The van der Waals surface area contributed by atoms with Crippen LogP contribution in [0.2, 0.25) is 0 Å². The van der Waals surface area contributed by atoms with Gasteiger partial charge in [-0.2, -0.15) is 4.99 Å². The predicted molar refractivity (Wildman–Crippen MR) is 125 cm³/mol. The Morgan fingerprint density at radius 2 is 2.16 bits per heavy atom. The van der Waals surface area contributed by atoms with Crippen LogP contribution in [0.25, 0.3) is 0 Å². The standard InChI is InChI=1S/C25H32N4O2/c1-5-9-20(18(4)6-2)15-21-16-26-22-23(27-25(31)28-24(22)30)29(21)13-8-12-19-11-7-10-17(3)14-19/h6-7,10-11,14-15,22,26H,2,5,8-9,12-13,16H2,1,3-4H3,(H,28,30,31)/b20-18-,21-15+.